The zero-order chi connectivity index (χ0) is 27.2. The number of rotatable bonds is 10. The number of nitrogens with zero attached hydrogens (tertiary/aromatic N) is 2. The Morgan fingerprint density at radius 1 is 0.919 bits per heavy atom. The van der Waals surface area contributed by atoms with Gasteiger partial charge in [-0.05, 0) is 55.5 Å². The van der Waals surface area contributed by atoms with Crippen LogP contribution in [0.3, 0.4) is 0 Å². The van der Waals surface area contributed by atoms with Crippen LogP contribution in [-0.2, 0) is 26.2 Å². The van der Waals surface area contributed by atoms with Gasteiger partial charge in [-0.2, -0.15) is 0 Å². The van der Waals surface area contributed by atoms with Crippen LogP contribution in [0.2, 0.25) is 10.0 Å². The van der Waals surface area contributed by atoms with Crippen LogP contribution in [0.25, 0.3) is 0 Å². The van der Waals surface area contributed by atoms with Crippen molar-refractivity contribution in [2.75, 3.05) is 24.2 Å². The quantitative estimate of drug-likeness (QED) is 0.385. The summed E-state index contributed by atoms with van der Waals surface area (Å²) in [5, 5.41) is 3.16. The SMILES string of the molecule is CNC(=O)[C@@H](C)N(Cc1c(Cl)cccc1Cl)C(=O)CN(c1ccc(Oc2ccccc2)cc1)S(C)(=O)=O. The summed E-state index contributed by atoms with van der Waals surface area (Å²) in [5.74, 6) is 0.0902. The highest BCUT2D eigenvalue weighted by atomic mass is 35.5. The van der Waals surface area contributed by atoms with E-state index >= 15 is 0 Å². The first-order chi connectivity index (χ1) is 17.5. The molecule has 0 radical (unpaired) electrons. The van der Waals surface area contributed by atoms with Crippen molar-refractivity contribution in [3.8, 4) is 11.5 Å². The summed E-state index contributed by atoms with van der Waals surface area (Å²) in [4.78, 5) is 27.2. The van der Waals surface area contributed by atoms with Gasteiger partial charge >= 0.3 is 0 Å². The van der Waals surface area contributed by atoms with E-state index in [0.717, 1.165) is 10.6 Å². The Morgan fingerprint density at radius 2 is 1.49 bits per heavy atom. The van der Waals surface area contributed by atoms with E-state index < -0.39 is 34.4 Å². The number of anilines is 1. The van der Waals surface area contributed by atoms with Crippen LogP contribution in [0.5, 0.6) is 11.5 Å². The molecule has 1 N–H and O–H groups in total. The van der Waals surface area contributed by atoms with Crippen molar-refractivity contribution in [3.05, 3.63) is 88.4 Å². The van der Waals surface area contributed by atoms with Crippen molar-refractivity contribution in [3.63, 3.8) is 0 Å². The van der Waals surface area contributed by atoms with Crippen molar-refractivity contribution in [2.45, 2.75) is 19.5 Å². The molecular weight excluding hydrogens is 537 g/mol. The van der Waals surface area contributed by atoms with Crippen LogP contribution in [0.4, 0.5) is 5.69 Å². The molecule has 37 heavy (non-hydrogen) atoms. The summed E-state index contributed by atoms with van der Waals surface area (Å²) in [6, 6.07) is 19.4. The number of nitrogens with one attached hydrogen (secondary N) is 1. The standard InChI is InChI=1S/C26H27Cl2N3O5S/c1-18(26(33)29-2)30(16-22-23(27)10-7-11-24(22)28)25(32)17-31(37(3,34)35)19-12-14-21(15-13-19)36-20-8-5-4-6-9-20/h4-15,18H,16-17H2,1-3H3,(H,29,33)/t18-/m1/s1. The zero-order valence-corrected chi connectivity index (χ0v) is 22.8. The number of hydrogen-bond acceptors (Lipinski definition) is 5. The van der Waals surface area contributed by atoms with Crippen LogP contribution in [-0.4, -0.2) is 51.0 Å². The third-order valence-corrected chi connectivity index (χ3v) is 7.44. The topological polar surface area (TPSA) is 96.0 Å². The van der Waals surface area contributed by atoms with Gasteiger partial charge in [0.2, 0.25) is 21.8 Å². The Labute approximate surface area is 226 Å². The van der Waals surface area contributed by atoms with Gasteiger partial charge < -0.3 is 15.0 Å². The molecule has 3 rings (SSSR count). The molecule has 0 fully saturated rings. The maximum atomic E-state index is 13.5. The van der Waals surface area contributed by atoms with E-state index in [4.69, 9.17) is 27.9 Å². The number of carbonyl (C=O) groups excluding carboxylic acids is 2. The van der Waals surface area contributed by atoms with Crippen molar-refractivity contribution in [1.29, 1.82) is 0 Å². The lowest BCUT2D eigenvalue weighted by Crippen LogP contribution is -2.50. The normalized spacial score (nSPS) is 11.9. The lowest BCUT2D eigenvalue weighted by molar-refractivity contribution is -0.139. The van der Waals surface area contributed by atoms with Gasteiger partial charge in [-0.15, -0.1) is 0 Å². The predicted octanol–water partition coefficient (Wildman–Crippen LogP) is 4.72. The van der Waals surface area contributed by atoms with Gasteiger partial charge in [0.05, 0.1) is 11.9 Å². The lowest BCUT2D eigenvalue weighted by Gasteiger charge is -2.31. The third-order valence-electron chi connectivity index (χ3n) is 5.59. The predicted molar refractivity (Wildman–Crippen MR) is 146 cm³/mol. The van der Waals surface area contributed by atoms with E-state index in [1.54, 1.807) is 61.5 Å². The molecule has 3 aromatic carbocycles. The minimum Gasteiger partial charge on any atom is -0.457 e. The number of hydrogen-bond donors (Lipinski definition) is 1. The maximum Gasteiger partial charge on any atom is 0.244 e. The highest BCUT2D eigenvalue weighted by Crippen LogP contribution is 2.28. The van der Waals surface area contributed by atoms with Gasteiger partial charge in [0.15, 0.2) is 0 Å². The molecule has 0 aliphatic rings. The van der Waals surface area contributed by atoms with Crippen molar-refractivity contribution >= 4 is 50.7 Å². The first-order valence-corrected chi connectivity index (χ1v) is 13.9. The number of sulfonamides is 1. The number of likely N-dealkylation sites (N-methyl/N-ethyl adjacent to an activating group) is 1. The highest BCUT2D eigenvalue weighted by molar-refractivity contribution is 7.92. The molecule has 0 aromatic heterocycles. The minimum atomic E-state index is -3.87. The van der Waals surface area contributed by atoms with Gasteiger partial charge in [0.25, 0.3) is 0 Å². The molecular formula is C26H27Cl2N3O5S. The summed E-state index contributed by atoms with van der Waals surface area (Å²) in [6.07, 6.45) is 1.01. The fourth-order valence-corrected chi connectivity index (χ4v) is 4.93. The van der Waals surface area contributed by atoms with E-state index in [1.165, 1.54) is 11.9 Å². The molecule has 196 valence electrons. The summed E-state index contributed by atoms with van der Waals surface area (Å²) >= 11 is 12.6. The van der Waals surface area contributed by atoms with Crippen LogP contribution >= 0.6 is 23.2 Å². The molecule has 0 aliphatic carbocycles. The molecule has 11 heteroatoms. The monoisotopic (exact) mass is 563 g/mol. The second-order valence-electron chi connectivity index (χ2n) is 8.19. The number of amides is 2. The maximum absolute atomic E-state index is 13.5. The second kappa shape index (κ2) is 12.3. The number of halogens is 2. The van der Waals surface area contributed by atoms with E-state index in [9.17, 15) is 18.0 Å². The van der Waals surface area contributed by atoms with E-state index in [-0.39, 0.29) is 12.2 Å². The average Bonchev–Trinajstić information content (AvgIpc) is 2.86. The van der Waals surface area contributed by atoms with Crippen LogP contribution in [0.1, 0.15) is 12.5 Å². The molecule has 3 aromatic rings. The number of ether oxygens (including phenoxy) is 1. The van der Waals surface area contributed by atoms with E-state index in [0.29, 0.717) is 27.1 Å². The van der Waals surface area contributed by atoms with Gasteiger partial charge in [-0.25, -0.2) is 8.42 Å². The number of benzene rings is 3. The molecule has 0 bridgehead atoms. The van der Waals surface area contributed by atoms with E-state index in [1.807, 2.05) is 18.2 Å². The van der Waals surface area contributed by atoms with Crippen molar-refractivity contribution in [1.82, 2.24) is 10.2 Å². The fraction of sp³-hybridized carbons (Fsp3) is 0.231. The molecule has 0 aliphatic heterocycles. The molecule has 0 unspecified atom stereocenters. The molecule has 0 saturated heterocycles. The largest absolute Gasteiger partial charge is 0.457 e. The second-order valence-corrected chi connectivity index (χ2v) is 10.9. The summed E-state index contributed by atoms with van der Waals surface area (Å²) in [6.45, 7) is 0.913. The molecule has 0 spiro atoms. The third kappa shape index (κ3) is 7.38. The van der Waals surface area contributed by atoms with Gasteiger partial charge in [-0.3, -0.25) is 13.9 Å². The Kier molecular flexibility index (Phi) is 9.42. The van der Waals surface area contributed by atoms with Crippen LogP contribution in [0.15, 0.2) is 72.8 Å². The summed E-state index contributed by atoms with van der Waals surface area (Å²) in [7, 11) is -2.42. The highest BCUT2D eigenvalue weighted by Gasteiger charge is 2.30. The van der Waals surface area contributed by atoms with Gasteiger partial charge in [0, 0.05) is 29.2 Å². The number of para-hydroxylation sites is 1. The lowest BCUT2D eigenvalue weighted by atomic mass is 10.1. The first kappa shape index (κ1) is 28.3. The van der Waals surface area contributed by atoms with Gasteiger partial charge in [0.1, 0.15) is 24.1 Å². The Balaban J connectivity index is 1.89. The van der Waals surface area contributed by atoms with Crippen molar-refractivity contribution in [2.24, 2.45) is 0 Å². The van der Waals surface area contributed by atoms with E-state index in [2.05, 4.69) is 5.32 Å². The fourth-order valence-electron chi connectivity index (χ4n) is 3.56. The molecule has 1 atom stereocenters. The van der Waals surface area contributed by atoms with Crippen LogP contribution in [0, 0.1) is 0 Å². The van der Waals surface area contributed by atoms with Gasteiger partial charge in [-0.1, -0.05) is 47.5 Å². The Bertz CT molecular complexity index is 1330. The molecule has 0 heterocycles. The Morgan fingerprint density at radius 3 is 2.03 bits per heavy atom. The molecule has 8 nitrogen and oxygen atoms in total. The summed E-state index contributed by atoms with van der Waals surface area (Å²) < 4.78 is 32.1. The molecule has 0 saturated carbocycles. The average molecular weight is 564 g/mol. The first-order valence-electron chi connectivity index (χ1n) is 11.3. The van der Waals surface area contributed by atoms with Crippen molar-refractivity contribution < 1.29 is 22.7 Å². The summed E-state index contributed by atoms with van der Waals surface area (Å²) in [5.41, 5.74) is 0.711. The molecule has 2 amide bonds. The minimum absolute atomic E-state index is 0.0899. The zero-order valence-electron chi connectivity index (χ0n) is 20.5. The number of carbonyl (C=O) groups is 2. The van der Waals surface area contributed by atoms with Crippen LogP contribution < -0.4 is 14.4 Å². The Hall–Kier alpha value is -3.27. The smallest absolute Gasteiger partial charge is 0.244 e.